The van der Waals surface area contributed by atoms with Gasteiger partial charge in [-0.1, -0.05) is 27.7 Å². The lowest BCUT2D eigenvalue weighted by Gasteiger charge is -2.35. The van der Waals surface area contributed by atoms with Crippen molar-refractivity contribution in [2.45, 2.75) is 141 Å². The highest BCUT2D eigenvalue weighted by molar-refractivity contribution is 5.99. The van der Waals surface area contributed by atoms with E-state index in [9.17, 15) is 48.3 Å². The van der Waals surface area contributed by atoms with Gasteiger partial charge in [0.15, 0.2) is 5.96 Å². The molecule has 0 radical (unpaired) electrons. The Balaban J connectivity index is 2.64. The first kappa shape index (κ1) is 51.6. The zero-order valence-corrected chi connectivity index (χ0v) is 36.3. The van der Waals surface area contributed by atoms with E-state index in [0.717, 1.165) is 0 Å². The van der Waals surface area contributed by atoms with E-state index in [4.69, 9.17) is 17.2 Å². The highest BCUT2D eigenvalue weighted by Gasteiger charge is 2.42. The second-order valence-electron chi connectivity index (χ2n) is 16.5. The molecule has 0 bridgehead atoms. The quantitative estimate of drug-likeness (QED) is 0.0478. The number of carboxylic acids is 1. The van der Waals surface area contributed by atoms with Crippen LogP contribution in [0.1, 0.15) is 98.8 Å². The zero-order valence-electron chi connectivity index (χ0n) is 36.3. The number of aliphatic carboxylic acids is 1. The summed E-state index contributed by atoms with van der Waals surface area (Å²) in [5.41, 5.74) is 16.6. The molecule has 0 unspecified atom stereocenters. The van der Waals surface area contributed by atoms with Crippen LogP contribution in [0.25, 0.3) is 0 Å². The minimum absolute atomic E-state index is 0.0181. The summed E-state index contributed by atoms with van der Waals surface area (Å²) in [6, 6.07) is -8.65. The molecule has 22 nitrogen and oxygen atoms in total. The molecule has 13 N–H and O–H groups in total. The van der Waals surface area contributed by atoms with Crippen molar-refractivity contribution in [1.82, 2.24) is 41.7 Å². The van der Waals surface area contributed by atoms with Crippen molar-refractivity contribution in [1.29, 1.82) is 0 Å². The first-order valence-corrected chi connectivity index (χ1v) is 21.0. The predicted octanol–water partition coefficient (Wildman–Crippen LogP) is -2.87. The molecule has 2 saturated heterocycles. The molecule has 2 rings (SSSR count). The third kappa shape index (κ3) is 17.2. The first-order chi connectivity index (χ1) is 28.7. The number of guanidine groups is 1. The van der Waals surface area contributed by atoms with Crippen LogP contribution in [0.5, 0.6) is 0 Å². The zero-order chi connectivity index (χ0) is 46.0. The normalized spacial score (nSPS) is 25.8. The number of nitrogens with two attached hydrogens (primary N) is 3. The van der Waals surface area contributed by atoms with Gasteiger partial charge in [0.25, 0.3) is 0 Å². The van der Waals surface area contributed by atoms with E-state index in [1.54, 1.807) is 13.8 Å². The van der Waals surface area contributed by atoms with Gasteiger partial charge in [0.1, 0.15) is 42.3 Å². The standard InChI is InChI=1S/C39H68N12O10/c1-21(2)17-25-34(57)47-24(11-9-15-43-39(41)42)33(56)44-20-30(52)46-26(19-31(53)54)35(58)49-27(18-22(3)4)37(60)51-16-10-13-29(51)38(61)50(6)28(12-7-8-14-40)36(59)45-23(5)32(55)48-25/h21-29H,7-20,40H2,1-6H3,(H,44,56)(H,45,59)(H,46,52)(H,47,57)(H,48,55)(H,49,58)(H,53,54)(H4,41,42,43)/t23-,24-,25-,26-,27-,28-,29+/m0/s1. The number of carbonyl (C=O) groups excluding carboxylic acids is 8. The minimum Gasteiger partial charge on any atom is -0.481 e. The van der Waals surface area contributed by atoms with Crippen LogP contribution in [-0.2, 0) is 43.2 Å². The van der Waals surface area contributed by atoms with E-state index in [0.29, 0.717) is 25.8 Å². The number of hydrogen-bond acceptors (Lipinski definition) is 11. The second kappa shape index (κ2) is 25.3. The van der Waals surface area contributed by atoms with Gasteiger partial charge in [-0.3, -0.25) is 48.1 Å². The van der Waals surface area contributed by atoms with Gasteiger partial charge in [-0.2, -0.15) is 0 Å². The van der Waals surface area contributed by atoms with Crippen molar-refractivity contribution in [2.24, 2.45) is 34.0 Å². The topological polar surface area (TPSA) is 343 Å². The van der Waals surface area contributed by atoms with Gasteiger partial charge >= 0.3 is 5.97 Å². The molecule has 22 heteroatoms. The van der Waals surface area contributed by atoms with Crippen molar-refractivity contribution in [3.63, 3.8) is 0 Å². The molecule has 2 heterocycles. The molecular weight excluding hydrogens is 797 g/mol. The molecule has 0 saturated carbocycles. The molecule has 344 valence electrons. The maximum absolute atomic E-state index is 14.2. The summed E-state index contributed by atoms with van der Waals surface area (Å²) in [4.78, 5) is 128. The van der Waals surface area contributed by atoms with Gasteiger partial charge in [0.05, 0.1) is 13.0 Å². The van der Waals surface area contributed by atoms with E-state index < -0.39 is 108 Å². The average Bonchev–Trinajstić information content (AvgIpc) is 3.67. The molecule has 2 aliphatic rings. The molecule has 0 aromatic carbocycles. The third-order valence-corrected chi connectivity index (χ3v) is 10.3. The van der Waals surface area contributed by atoms with E-state index in [1.807, 2.05) is 13.8 Å². The van der Waals surface area contributed by atoms with Crippen molar-refractivity contribution < 1.29 is 48.3 Å². The summed E-state index contributed by atoms with van der Waals surface area (Å²) in [5.74, 6) is -7.93. The summed E-state index contributed by atoms with van der Waals surface area (Å²) in [7, 11) is 1.43. The fourth-order valence-electron chi connectivity index (χ4n) is 7.16. The van der Waals surface area contributed by atoms with E-state index in [-0.39, 0.29) is 69.4 Å². The maximum atomic E-state index is 14.2. The highest BCUT2D eigenvalue weighted by atomic mass is 16.4. The molecule has 7 atom stereocenters. The van der Waals surface area contributed by atoms with E-state index in [1.165, 1.54) is 23.8 Å². The smallest absolute Gasteiger partial charge is 0.305 e. The van der Waals surface area contributed by atoms with Gasteiger partial charge in [-0.25, -0.2) is 0 Å². The number of nitrogens with zero attached hydrogens (tertiary/aromatic N) is 3. The second-order valence-corrected chi connectivity index (χ2v) is 16.5. The summed E-state index contributed by atoms with van der Waals surface area (Å²) in [6.07, 6.45) is 1.39. The molecule has 8 amide bonds. The molecule has 0 spiro atoms. The molecule has 0 aliphatic carbocycles. The SMILES string of the molecule is CC(C)C[C@@H]1NC(=O)[C@H](C)NC(=O)[C@H](CCCCN)N(C)C(=O)[C@H]2CCCN2C(=O)[C@H](CC(C)C)NC(=O)[C@H](CC(=O)O)NC(=O)CNC(=O)[C@H](CCCN=C(N)N)NC1=O. The molecule has 0 aromatic rings. The van der Waals surface area contributed by atoms with Crippen LogP contribution in [0, 0.1) is 11.8 Å². The number of nitrogens with one attached hydrogen (secondary N) is 6. The number of carbonyl (C=O) groups is 9. The lowest BCUT2D eigenvalue weighted by Crippen LogP contribution is -2.60. The van der Waals surface area contributed by atoms with Crippen molar-refractivity contribution in [3.05, 3.63) is 0 Å². The number of hydrogen-bond donors (Lipinski definition) is 10. The fourth-order valence-corrected chi connectivity index (χ4v) is 7.16. The van der Waals surface area contributed by atoms with Gasteiger partial charge in [-0.15, -0.1) is 0 Å². The van der Waals surface area contributed by atoms with Crippen LogP contribution in [0.3, 0.4) is 0 Å². The third-order valence-electron chi connectivity index (χ3n) is 10.3. The molecule has 2 aliphatic heterocycles. The van der Waals surface area contributed by atoms with Crippen molar-refractivity contribution >= 4 is 59.2 Å². The Labute approximate surface area is 357 Å². The van der Waals surface area contributed by atoms with Crippen LogP contribution < -0.4 is 49.1 Å². The fraction of sp³-hybridized carbons (Fsp3) is 0.744. The summed E-state index contributed by atoms with van der Waals surface area (Å²) in [6.45, 7) is 8.49. The molecule has 2 fully saturated rings. The van der Waals surface area contributed by atoms with Crippen LogP contribution in [0.15, 0.2) is 4.99 Å². The Morgan fingerprint density at radius 3 is 1.97 bits per heavy atom. The summed E-state index contributed by atoms with van der Waals surface area (Å²) >= 11 is 0. The van der Waals surface area contributed by atoms with Crippen LogP contribution in [-0.4, -0.2) is 150 Å². The highest BCUT2D eigenvalue weighted by Crippen LogP contribution is 2.24. The lowest BCUT2D eigenvalue weighted by atomic mass is 10.0. The van der Waals surface area contributed by atoms with Gasteiger partial charge in [-0.05, 0) is 83.1 Å². The van der Waals surface area contributed by atoms with Crippen molar-refractivity contribution in [2.75, 3.05) is 33.2 Å². The number of likely N-dealkylation sites (N-methyl/N-ethyl adjacent to an activating group) is 1. The number of fused-ring (bicyclic) bond motifs is 1. The molecular formula is C39H68N12O10. The Morgan fingerprint density at radius 1 is 0.754 bits per heavy atom. The van der Waals surface area contributed by atoms with Crippen LogP contribution >= 0.6 is 0 Å². The Morgan fingerprint density at radius 2 is 1.36 bits per heavy atom. The van der Waals surface area contributed by atoms with Gasteiger partial charge in [0.2, 0.25) is 47.3 Å². The summed E-state index contributed by atoms with van der Waals surface area (Å²) < 4.78 is 0. The number of carboxylic acid groups (broad SMARTS) is 1. The Kier molecular flexibility index (Phi) is 21.4. The minimum atomic E-state index is -1.68. The number of unbranched alkanes of at least 4 members (excludes halogenated alkanes) is 1. The number of rotatable bonds is 14. The number of amides is 8. The number of aliphatic imine (C=N–C) groups is 1. The van der Waals surface area contributed by atoms with Gasteiger partial charge < -0.3 is 64.0 Å². The molecule has 0 aromatic heterocycles. The first-order valence-electron chi connectivity index (χ1n) is 21.0. The lowest BCUT2D eigenvalue weighted by molar-refractivity contribution is -0.149. The maximum Gasteiger partial charge on any atom is 0.305 e. The Hall–Kier alpha value is -5.54. The average molecular weight is 865 g/mol. The van der Waals surface area contributed by atoms with Crippen molar-refractivity contribution in [3.8, 4) is 0 Å². The van der Waals surface area contributed by atoms with Gasteiger partial charge in [0, 0.05) is 20.1 Å². The van der Waals surface area contributed by atoms with E-state index >= 15 is 0 Å². The Bertz CT molecular complexity index is 1600. The van der Waals surface area contributed by atoms with E-state index in [2.05, 4.69) is 36.9 Å². The summed E-state index contributed by atoms with van der Waals surface area (Å²) in [5, 5.41) is 24.9. The molecule has 61 heavy (non-hydrogen) atoms. The monoisotopic (exact) mass is 865 g/mol. The largest absolute Gasteiger partial charge is 0.481 e. The van der Waals surface area contributed by atoms with Crippen LogP contribution in [0.4, 0.5) is 0 Å². The predicted molar refractivity (Wildman–Crippen MR) is 224 cm³/mol. The van der Waals surface area contributed by atoms with Crippen LogP contribution in [0.2, 0.25) is 0 Å².